The van der Waals surface area contributed by atoms with Crippen LogP contribution in [0.4, 0.5) is 0 Å². The lowest BCUT2D eigenvalue weighted by molar-refractivity contribution is 0.311. The number of sulfonamides is 1. The standard InChI is InChI=1S/C11H11N5O2S/c12-5-9-1-2-11(8-15-9)19(17,18)16-4-3-14-7-10(16)6-13/h1-2,8,10,14H,3-4,7H2. The molecule has 1 atom stereocenters. The van der Waals surface area contributed by atoms with Gasteiger partial charge < -0.3 is 5.32 Å². The lowest BCUT2D eigenvalue weighted by atomic mass is 10.3. The van der Waals surface area contributed by atoms with E-state index in [-0.39, 0.29) is 17.1 Å². The molecular weight excluding hydrogens is 266 g/mol. The minimum Gasteiger partial charge on any atom is -0.313 e. The second-order valence-corrected chi connectivity index (χ2v) is 5.85. The summed E-state index contributed by atoms with van der Waals surface area (Å²) >= 11 is 0. The second-order valence-electron chi connectivity index (χ2n) is 3.96. The molecule has 1 aliphatic rings. The number of pyridine rings is 1. The van der Waals surface area contributed by atoms with Crippen molar-refractivity contribution in [3.63, 3.8) is 0 Å². The van der Waals surface area contributed by atoms with E-state index in [1.165, 1.54) is 12.1 Å². The van der Waals surface area contributed by atoms with Crippen LogP contribution in [0.3, 0.4) is 0 Å². The molecule has 7 nitrogen and oxygen atoms in total. The molecule has 1 N–H and O–H groups in total. The van der Waals surface area contributed by atoms with E-state index in [9.17, 15) is 8.42 Å². The summed E-state index contributed by atoms with van der Waals surface area (Å²) < 4.78 is 25.9. The number of piperazine rings is 1. The van der Waals surface area contributed by atoms with E-state index in [4.69, 9.17) is 10.5 Å². The predicted molar refractivity (Wildman–Crippen MR) is 65.1 cm³/mol. The molecule has 1 aliphatic heterocycles. The van der Waals surface area contributed by atoms with Gasteiger partial charge >= 0.3 is 0 Å². The van der Waals surface area contributed by atoms with Crippen LogP contribution >= 0.6 is 0 Å². The molecule has 1 saturated heterocycles. The Kier molecular flexibility index (Phi) is 3.76. The molecule has 0 saturated carbocycles. The van der Waals surface area contributed by atoms with E-state index >= 15 is 0 Å². The second kappa shape index (κ2) is 5.33. The summed E-state index contributed by atoms with van der Waals surface area (Å²) in [6.07, 6.45) is 1.14. The largest absolute Gasteiger partial charge is 0.313 e. The third kappa shape index (κ3) is 2.56. The number of hydrogen-bond donors (Lipinski definition) is 1. The highest BCUT2D eigenvalue weighted by molar-refractivity contribution is 7.89. The van der Waals surface area contributed by atoms with E-state index < -0.39 is 16.1 Å². The number of nitrogens with one attached hydrogen (secondary N) is 1. The van der Waals surface area contributed by atoms with Gasteiger partial charge in [-0.2, -0.15) is 14.8 Å². The van der Waals surface area contributed by atoms with Gasteiger partial charge in [0.25, 0.3) is 0 Å². The van der Waals surface area contributed by atoms with Gasteiger partial charge in [0, 0.05) is 25.8 Å². The van der Waals surface area contributed by atoms with Gasteiger partial charge in [0.05, 0.1) is 6.07 Å². The first-order chi connectivity index (χ1) is 9.09. The van der Waals surface area contributed by atoms with E-state index in [0.717, 1.165) is 10.5 Å². The molecule has 1 aromatic rings. The Labute approximate surface area is 111 Å². The Morgan fingerprint density at radius 3 is 2.79 bits per heavy atom. The summed E-state index contributed by atoms with van der Waals surface area (Å²) in [6.45, 7) is 1.04. The zero-order valence-electron chi connectivity index (χ0n) is 9.94. The van der Waals surface area contributed by atoms with Crippen molar-refractivity contribution in [1.29, 1.82) is 10.5 Å². The van der Waals surface area contributed by atoms with Gasteiger partial charge in [-0.15, -0.1) is 0 Å². The maximum Gasteiger partial charge on any atom is 0.245 e. The van der Waals surface area contributed by atoms with Crippen molar-refractivity contribution < 1.29 is 8.42 Å². The third-order valence-corrected chi connectivity index (χ3v) is 4.69. The van der Waals surface area contributed by atoms with Crippen LogP contribution in [0.2, 0.25) is 0 Å². The molecule has 0 amide bonds. The van der Waals surface area contributed by atoms with E-state index in [0.29, 0.717) is 13.1 Å². The highest BCUT2D eigenvalue weighted by Crippen LogP contribution is 2.18. The molecule has 8 heteroatoms. The van der Waals surface area contributed by atoms with Crippen molar-refractivity contribution in [2.75, 3.05) is 19.6 Å². The Morgan fingerprint density at radius 1 is 1.42 bits per heavy atom. The summed E-state index contributed by atoms with van der Waals surface area (Å²) in [4.78, 5) is 3.74. The lowest BCUT2D eigenvalue weighted by Gasteiger charge is -2.30. The minimum atomic E-state index is -3.75. The maximum atomic E-state index is 12.4. The van der Waals surface area contributed by atoms with Crippen molar-refractivity contribution in [3.8, 4) is 12.1 Å². The van der Waals surface area contributed by atoms with Gasteiger partial charge in [0.15, 0.2) is 0 Å². The van der Waals surface area contributed by atoms with Crippen LogP contribution in [0.25, 0.3) is 0 Å². The smallest absolute Gasteiger partial charge is 0.245 e. The quantitative estimate of drug-likeness (QED) is 0.776. The highest BCUT2D eigenvalue weighted by Gasteiger charge is 2.33. The zero-order chi connectivity index (χ0) is 13.9. The van der Waals surface area contributed by atoms with Gasteiger partial charge in [0.2, 0.25) is 10.0 Å². The molecule has 0 bridgehead atoms. The van der Waals surface area contributed by atoms with Crippen LogP contribution in [-0.2, 0) is 10.0 Å². The minimum absolute atomic E-state index is 0.00588. The fraction of sp³-hybridized carbons (Fsp3) is 0.364. The molecule has 0 aromatic carbocycles. The zero-order valence-corrected chi connectivity index (χ0v) is 10.8. The topological polar surface area (TPSA) is 110 Å². The van der Waals surface area contributed by atoms with E-state index in [2.05, 4.69) is 10.3 Å². The van der Waals surface area contributed by atoms with Crippen molar-refractivity contribution in [2.45, 2.75) is 10.9 Å². The average molecular weight is 277 g/mol. The van der Waals surface area contributed by atoms with E-state index in [1.54, 1.807) is 0 Å². The Morgan fingerprint density at radius 2 is 2.21 bits per heavy atom. The summed E-state index contributed by atoms with van der Waals surface area (Å²) in [5.41, 5.74) is 0.149. The highest BCUT2D eigenvalue weighted by atomic mass is 32.2. The van der Waals surface area contributed by atoms with Crippen LogP contribution < -0.4 is 5.32 Å². The number of aromatic nitrogens is 1. The SMILES string of the molecule is N#Cc1ccc(S(=O)(=O)N2CCNCC2C#N)cn1. The molecule has 1 fully saturated rings. The first kappa shape index (κ1) is 13.4. The number of rotatable bonds is 2. The molecule has 2 rings (SSSR count). The Bertz CT molecular complexity index is 641. The number of nitrogens with zero attached hydrogens (tertiary/aromatic N) is 4. The first-order valence-corrected chi connectivity index (χ1v) is 7.02. The Balaban J connectivity index is 2.35. The van der Waals surface area contributed by atoms with Crippen LogP contribution in [0.1, 0.15) is 5.69 Å². The van der Waals surface area contributed by atoms with Gasteiger partial charge in [-0.1, -0.05) is 0 Å². The van der Waals surface area contributed by atoms with Gasteiger partial charge in [-0.05, 0) is 12.1 Å². The third-order valence-electron chi connectivity index (χ3n) is 2.80. The molecule has 98 valence electrons. The van der Waals surface area contributed by atoms with Crippen LogP contribution in [0, 0.1) is 22.7 Å². The molecule has 2 heterocycles. The molecule has 1 aromatic heterocycles. The fourth-order valence-electron chi connectivity index (χ4n) is 1.82. The first-order valence-electron chi connectivity index (χ1n) is 5.58. The monoisotopic (exact) mass is 277 g/mol. The van der Waals surface area contributed by atoms with Crippen molar-refractivity contribution in [2.24, 2.45) is 0 Å². The van der Waals surface area contributed by atoms with Crippen molar-refractivity contribution in [1.82, 2.24) is 14.6 Å². The summed E-state index contributed by atoms with van der Waals surface area (Å²) in [5, 5.41) is 20.6. The molecule has 1 unspecified atom stereocenters. The van der Waals surface area contributed by atoms with Crippen LogP contribution in [-0.4, -0.2) is 43.4 Å². The van der Waals surface area contributed by atoms with E-state index in [1.807, 2.05) is 12.1 Å². The molecule has 0 aliphatic carbocycles. The fourth-order valence-corrected chi connectivity index (χ4v) is 3.30. The summed E-state index contributed by atoms with van der Waals surface area (Å²) in [7, 11) is -3.75. The average Bonchev–Trinajstić information content (AvgIpc) is 2.47. The molecule has 0 radical (unpaired) electrons. The summed E-state index contributed by atoms with van der Waals surface area (Å²) in [6, 6.07) is 5.73. The van der Waals surface area contributed by atoms with Gasteiger partial charge in [-0.25, -0.2) is 13.4 Å². The normalized spacial score (nSPS) is 20.4. The van der Waals surface area contributed by atoms with Crippen LogP contribution in [0.5, 0.6) is 0 Å². The van der Waals surface area contributed by atoms with Crippen molar-refractivity contribution >= 4 is 10.0 Å². The number of nitriles is 2. The molecule has 0 spiro atoms. The number of hydrogen-bond acceptors (Lipinski definition) is 6. The van der Waals surface area contributed by atoms with Gasteiger partial charge in [-0.3, -0.25) is 0 Å². The molecular formula is C11H11N5O2S. The van der Waals surface area contributed by atoms with Crippen molar-refractivity contribution in [3.05, 3.63) is 24.0 Å². The molecule has 19 heavy (non-hydrogen) atoms. The Hall–Kier alpha value is -2.00. The predicted octanol–water partition coefficient (Wildman–Crippen LogP) is -0.561. The summed E-state index contributed by atoms with van der Waals surface area (Å²) in [5.74, 6) is 0. The maximum absolute atomic E-state index is 12.4. The lowest BCUT2D eigenvalue weighted by Crippen LogP contribution is -2.52. The van der Waals surface area contributed by atoms with Crippen LogP contribution in [0.15, 0.2) is 23.2 Å². The van der Waals surface area contributed by atoms with Gasteiger partial charge in [0.1, 0.15) is 22.7 Å².